The number of aromatic amines is 1. The van der Waals surface area contributed by atoms with Gasteiger partial charge in [-0.05, 0) is 30.4 Å². The minimum absolute atomic E-state index is 0.108. The van der Waals surface area contributed by atoms with E-state index in [1.807, 2.05) is 0 Å². The molecular weight excluding hydrogens is 271 g/mol. The highest BCUT2D eigenvalue weighted by atomic mass is 19.1. The lowest BCUT2D eigenvalue weighted by molar-refractivity contribution is 0.0945. The number of fused-ring (bicyclic) bond motifs is 1. The summed E-state index contributed by atoms with van der Waals surface area (Å²) in [6.45, 7) is 0.609. The molecule has 0 saturated carbocycles. The first-order chi connectivity index (χ1) is 10.1. The normalized spacial score (nSPS) is 14.0. The van der Waals surface area contributed by atoms with Gasteiger partial charge < -0.3 is 10.3 Å². The molecule has 2 aromatic rings. The van der Waals surface area contributed by atoms with Gasteiger partial charge in [-0.1, -0.05) is 12.1 Å². The van der Waals surface area contributed by atoms with Crippen LogP contribution in [0.25, 0.3) is 6.08 Å². The minimum Gasteiger partial charge on any atom is -0.358 e. The molecule has 0 unspecified atom stereocenters. The quantitative estimate of drug-likeness (QED) is 0.671. The number of benzene rings is 1. The number of allylic oxidation sites excluding steroid dienone is 1. The summed E-state index contributed by atoms with van der Waals surface area (Å²) in [4.78, 5) is 26.7. The van der Waals surface area contributed by atoms with E-state index in [0.29, 0.717) is 23.4 Å². The lowest BCUT2D eigenvalue weighted by atomic mass is 10.1. The van der Waals surface area contributed by atoms with Crippen molar-refractivity contribution in [1.29, 1.82) is 0 Å². The molecule has 2 heterocycles. The Hall–Kier alpha value is -2.69. The smallest absolute Gasteiger partial charge is 0.253 e. The number of rotatable bonds is 3. The van der Waals surface area contributed by atoms with Gasteiger partial charge in [0.1, 0.15) is 5.82 Å². The molecule has 1 amide bonds. The summed E-state index contributed by atoms with van der Waals surface area (Å²) in [5.74, 6) is -0.837. The molecule has 0 saturated heterocycles. The van der Waals surface area contributed by atoms with Gasteiger partial charge in [0, 0.05) is 29.9 Å². The van der Waals surface area contributed by atoms with Gasteiger partial charge in [0.25, 0.3) is 5.91 Å². The van der Waals surface area contributed by atoms with Crippen LogP contribution in [0.3, 0.4) is 0 Å². The van der Waals surface area contributed by atoms with Crippen molar-refractivity contribution < 1.29 is 14.0 Å². The highest BCUT2D eigenvalue weighted by molar-refractivity contribution is 6.07. The Kier molecular flexibility index (Phi) is 3.39. The van der Waals surface area contributed by atoms with Gasteiger partial charge in [-0.3, -0.25) is 9.59 Å². The van der Waals surface area contributed by atoms with Crippen molar-refractivity contribution in [2.45, 2.75) is 6.42 Å². The third-order valence-corrected chi connectivity index (χ3v) is 3.35. The molecule has 4 nitrogen and oxygen atoms in total. The lowest BCUT2D eigenvalue weighted by Gasteiger charge is -2.10. The van der Waals surface area contributed by atoms with E-state index in [2.05, 4.69) is 10.3 Å². The van der Waals surface area contributed by atoms with Crippen LogP contribution >= 0.6 is 0 Å². The van der Waals surface area contributed by atoms with E-state index >= 15 is 0 Å². The number of halogens is 1. The summed E-state index contributed by atoms with van der Waals surface area (Å²) >= 11 is 0. The topological polar surface area (TPSA) is 62.0 Å². The van der Waals surface area contributed by atoms with Crippen LogP contribution in [-0.2, 0) is 6.42 Å². The molecule has 0 spiro atoms. The van der Waals surface area contributed by atoms with Crippen molar-refractivity contribution in [3.8, 4) is 0 Å². The predicted molar refractivity (Wildman–Crippen MR) is 76.6 cm³/mol. The maximum atomic E-state index is 13.1. The second-order valence-electron chi connectivity index (χ2n) is 4.83. The predicted octanol–water partition coefficient (Wildman–Crippen LogP) is 2.34. The third kappa shape index (κ3) is 2.76. The number of aromatic nitrogens is 1. The fraction of sp³-hybridized carbons (Fsp3) is 0.125. The van der Waals surface area contributed by atoms with Crippen molar-refractivity contribution in [1.82, 2.24) is 10.3 Å². The number of carbonyl (C=O) groups is 2. The molecule has 3 rings (SSSR count). The zero-order valence-corrected chi connectivity index (χ0v) is 11.2. The van der Waals surface area contributed by atoms with E-state index in [4.69, 9.17) is 0 Å². The van der Waals surface area contributed by atoms with Gasteiger partial charge in [0.05, 0.1) is 5.56 Å². The van der Waals surface area contributed by atoms with Gasteiger partial charge in [0.15, 0.2) is 5.78 Å². The lowest BCUT2D eigenvalue weighted by Crippen LogP contribution is -2.31. The highest BCUT2D eigenvalue weighted by Crippen LogP contribution is 2.16. The van der Waals surface area contributed by atoms with Crippen LogP contribution in [0.4, 0.5) is 4.39 Å². The number of amides is 1. The van der Waals surface area contributed by atoms with E-state index in [9.17, 15) is 14.0 Å². The number of H-pyrrole nitrogens is 1. The molecular formula is C16H13FN2O2. The van der Waals surface area contributed by atoms with Crippen LogP contribution in [0, 0.1) is 5.82 Å². The Morgan fingerprint density at radius 3 is 2.90 bits per heavy atom. The molecule has 2 N–H and O–H groups in total. The number of nitrogens with one attached hydrogen (secondary N) is 2. The summed E-state index contributed by atoms with van der Waals surface area (Å²) in [6.07, 6.45) is 3.70. The number of hydrogen-bond acceptors (Lipinski definition) is 2. The molecule has 1 aromatic heterocycles. The molecule has 1 aliphatic heterocycles. The van der Waals surface area contributed by atoms with Crippen molar-refractivity contribution >= 4 is 17.8 Å². The standard InChI is InChI=1S/C16H13FN2O2/c17-11-3-1-2-10(8-11)15(20)5-4-12-9-13-14(19-12)6-7-18-16(13)21/h1-5,8-9,19H,6-7H2,(H,18,21)/b5-4+. The molecule has 21 heavy (non-hydrogen) atoms. The molecule has 1 aromatic carbocycles. The Morgan fingerprint density at radius 1 is 1.29 bits per heavy atom. The average molecular weight is 284 g/mol. The summed E-state index contributed by atoms with van der Waals surface area (Å²) in [7, 11) is 0. The molecule has 0 radical (unpaired) electrons. The van der Waals surface area contributed by atoms with Crippen LogP contribution in [0.5, 0.6) is 0 Å². The molecule has 0 fully saturated rings. The first-order valence-electron chi connectivity index (χ1n) is 6.61. The summed E-state index contributed by atoms with van der Waals surface area (Å²) in [5.41, 5.74) is 2.46. The summed E-state index contributed by atoms with van der Waals surface area (Å²) in [5, 5.41) is 2.76. The number of carbonyl (C=O) groups excluding carboxylic acids is 2. The molecule has 1 aliphatic rings. The molecule has 106 valence electrons. The Labute approximate surface area is 120 Å². The minimum atomic E-state index is -0.443. The number of hydrogen-bond donors (Lipinski definition) is 2. The summed E-state index contributed by atoms with van der Waals surface area (Å²) < 4.78 is 13.1. The second kappa shape index (κ2) is 5.36. The van der Waals surface area contributed by atoms with E-state index in [-0.39, 0.29) is 11.7 Å². The molecule has 5 heteroatoms. The molecule has 0 bridgehead atoms. The zero-order valence-electron chi connectivity index (χ0n) is 11.2. The van der Waals surface area contributed by atoms with Gasteiger partial charge >= 0.3 is 0 Å². The fourth-order valence-electron chi connectivity index (χ4n) is 2.31. The monoisotopic (exact) mass is 284 g/mol. The maximum Gasteiger partial charge on any atom is 0.253 e. The Balaban J connectivity index is 1.80. The van der Waals surface area contributed by atoms with E-state index in [1.165, 1.54) is 24.3 Å². The fourth-order valence-corrected chi connectivity index (χ4v) is 2.31. The number of ketones is 1. The van der Waals surface area contributed by atoms with Gasteiger partial charge in [-0.2, -0.15) is 0 Å². The van der Waals surface area contributed by atoms with E-state index in [1.54, 1.807) is 18.2 Å². The summed E-state index contributed by atoms with van der Waals surface area (Å²) in [6, 6.07) is 7.24. The maximum absolute atomic E-state index is 13.1. The van der Waals surface area contributed by atoms with Gasteiger partial charge in [-0.15, -0.1) is 0 Å². The van der Waals surface area contributed by atoms with E-state index in [0.717, 1.165) is 12.1 Å². The van der Waals surface area contributed by atoms with Crippen LogP contribution in [0.1, 0.15) is 32.1 Å². The Bertz CT molecular complexity index is 746. The SMILES string of the molecule is O=C(/C=C/c1cc2c([nH]1)CCNC2=O)c1cccc(F)c1. The molecule has 0 atom stereocenters. The second-order valence-corrected chi connectivity index (χ2v) is 4.83. The van der Waals surface area contributed by atoms with E-state index < -0.39 is 5.82 Å². The van der Waals surface area contributed by atoms with Crippen LogP contribution < -0.4 is 5.32 Å². The van der Waals surface area contributed by atoms with Crippen LogP contribution in [0.2, 0.25) is 0 Å². The average Bonchev–Trinajstić information content (AvgIpc) is 2.89. The largest absolute Gasteiger partial charge is 0.358 e. The third-order valence-electron chi connectivity index (χ3n) is 3.35. The van der Waals surface area contributed by atoms with Crippen molar-refractivity contribution in [3.05, 3.63) is 64.7 Å². The molecule has 0 aliphatic carbocycles. The highest BCUT2D eigenvalue weighted by Gasteiger charge is 2.18. The van der Waals surface area contributed by atoms with Gasteiger partial charge in [-0.25, -0.2) is 4.39 Å². The Morgan fingerprint density at radius 2 is 2.14 bits per heavy atom. The van der Waals surface area contributed by atoms with Crippen LogP contribution in [0.15, 0.2) is 36.4 Å². The first kappa shape index (κ1) is 13.3. The van der Waals surface area contributed by atoms with Crippen molar-refractivity contribution in [3.63, 3.8) is 0 Å². The van der Waals surface area contributed by atoms with Gasteiger partial charge in [0.2, 0.25) is 0 Å². The first-order valence-corrected chi connectivity index (χ1v) is 6.61. The van der Waals surface area contributed by atoms with Crippen molar-refractivity contribution in [2.75, 3.05) is 6.54 Å². The zero-order chi connectivity index (χ0) is 14.8. The van der Waals surface area contributed by atoms with Crippen LogP contribution in [-0.4, -0.2) is 23.2 Å². The van der Waals surface area contributed by atoms with Crippen molar-refractivity contribution in [2.24, 2.45) is 0 Å².